The Morgan fingerprint density at radius 2 is 2.12 bits per heavy atom. The van der Waals surface area contributed by atoms with Gasteiger partial charge in [-0.3, -0.25) is 4.79 Å². The number of para-hydroxylation sites is 2. The standard InChI is InChI=1S/C17H15N5O3/c1-10-11(17(24)25-2)7-22-15(10)16(18-9-19-22)21-8-14(23)20-12-5-3-4-6-13(12)21/h3-7,9H,8H2,1-2H3,(H,20,23). The van der Waals surface area contributed by atoms with Crippen molar-refractivity contribution in [2.24, 2.45) is 0 Å². The van der Waals surface area contributed by atoms with Crippen LogP contribution < -0.4 is 10.2 Å². The number of fused-ring (bicyclic) bond motifs is 2. The number of hydrogen-bond donors (Lipinski definition) is 1. The van der Waals surface area contributed by atoms with Crippen molar-refractivity contribution < 1.29 is 14.3 Å². The Morgan fingerprint density at radius 1 is 1.32 bits per heavy atom. The Hall–Kier alpha value is -3.42. The van der Waals surface area contributed by atoms with E-state index in [9.17, 15) is 9.59 Å². The third kappa shape index (κ3) is 2.30. The van der Waals surface area contributed by atoms with Crippen molar-refractivity contribution in [3.8, 4) is 0 Å². The van der Waals surface area contributed by atoms with Gasteiger partial charge < -0.3 is 15.0 Å². The smallest absolute Gasteiger partial charge is 0.339 e. The molecule has 0 unspecified atom stereocenters. The third-order valence-electron chi connectivity index (χ3n) is 4.24. The molecular formula is C17H15N5O3. The molecule has 8 nitrogen and oxygen atoms in total. The van der Waals surface area contributed by atoms with Crippen LogP contribution in [0.25, 0.3) is 5.52 Å². The molecule has 1 N–H and O–H groups in total. The molecule has 0 fully saturated rings. The van der Waals surface area contributed by atoms with Gasteiger partial charge in [0.2, 0.25) is 5.91 Å². The molecule has 126 valence electrons. The molecule has 0 radical (unpaired) electrons. The van der Waals surface area contributed by atoms with E-state index >= 15 is 0 Å². The van der Waals surface area contributed by atoms with Gasteiger partial charge >= 0.3 is 5.97 Å². The van der Waals surface area contributed by atoms with Crippen LogP contribution >= 0.6 is 0 Å². The second kappa shape index (κ2) is 5.59. The molecule has 3 aromatic rings. The summed E-state index contributed by atoms with van der Waals surface area (Å²) in [5.74, 6) is -0.0106. The van der Waals surface area contributed by atoms with E-state index in [0.29, 0.717) is 28.1 Å². The van der Waals surface area contributed by atoms with Crippen molar-refractivity contribution in [3.05, 3.63) is 47.9 Å². The second-order valence-corrected chi connectivity index (χ2v) is 5.69. The summed E-state index contributed by atoms with van der Waals surface area (Å²) in [6.07, 6.45) is 3.01. The first-order valence-electron chi connectivity index (χ1n) is 7.68. The Bertz CT molecular complexity index is 1010. The average molecular weight is 337 g/mol. The van der Waals surface area contributed by atoms with Gasteiger partial charge in [-0.15, -0.1) is 0 Å². The van der Waals surface area contributed by atoms with E-state index in [-0.39, 0.29) is 12.5 Å². The fourth-order valence-electron chi connectivity index (χ4n) is 3.08. The molecular weight excluding hydrogens is 322 g/mol. The molecule has 0 atom stereocenters. The zero-order valence-corrected chi connectivity index (χ0v) is 13.7. The van der Waals surface area contributed by atoms with Gasteiger partial charge in [0.25, 0.3) is 0 Å². The van der Waals surface area contributed by atoms with Crippen LogP contribution in [-0.2, 0) is 9.53 Å². The quantitative estimate of drug-likeness (QED) is 0.719. The van der Waals surface area contributed by atoms with Gasteiger partial charge in [-0.2, -0.15) is 5.10 Å². The third-order valence-corrected chi connectivity index (χ3v) is 4.24. The lowest BCUT2D eigenvalue weighted by Gasteiger charge is -2.30. The molecule has 0 saturated carbocycles. The fraction of sp³-hybridized carbons (Fsp3) is 0.176. The number of aromatic nitrogens is 3. The van der Waals surface area contributed by atoms with Gasteiger partial charge in [-0.25, -0.2) is 14.3 Å². The minimum atomic E-state index is -0.439. The van der Waals surface area contributed by atoms with Crippen molar-refractivity contribution >= 4 is 34.6 Å². The first-order chi connectivity index (χ1) is 12.1. The minimum absolute atomic E-state index is 0.127. The van der Waals surface area contributed by atoms with Gasteiger partial charge in [0.05, 0.1) is 24.0 Å². The van der Waals surface area contributed by atoms with Gasteiger partial charge in [0.1, 0.15) is 18.4 Å². The van der Waals surface area contributed by atoms with E-state index in [2.05, 4.69) is 15.4 Å². The molecule has 3 heterocycles. The van der Waals surface area contributed by atoms with Crippen LogP contribution in [0.1, 0.15) is 15.9 Å². The number of carbonyl (C=O) groups is 2. The van der Waals surface area contributed by atoms with E-state index in [1.807, 2.05) is 36.1 Å². The van der Waals surface area contributed by atoms with Gasteiger partial charge in [0.15, 0.2) is 5.82 Å². The SMILES string of the molecule is COC(=O)c1cn2ncnc(N3CC(=O)Nc4ccccc43)c2c1C. The highest BCUT2D eigenvalue weighted by Crippen LogP contribution is 2.36. The number of nitrogens with zero attached hydrogens (tertiary/aromatic N) is 4. The number of amides is 1. The van der Waals surface area contributed by atoms with E-state index in [0.717, 1.165) is 5.69 Å². The summed E-state index contributed by atoms with van der Waals surface area (Å²) in [6, 6.07) is 7.50. The van der Waals surface area contributed by atoms with E-state index in [4.69, 9.17) is 4.74 Å². The number of rotatable bonds is 2. The van der Waals surface area contributed by atoms with Crippen LogP contribution in [0.4, 0.5) is 17.2 Å². The first-order valence-corrected chi connectivity index (χ1v) is 7.68. The molecule has 8 heteroatoms. The highest BCUT2D eigenvalue weighted by Gasteiger charge is 2.27. The number of carbonyl (C=O) groups excluding carboxylic acids is 2. The lowest BCUT2D eigenvalue weighted by molar-refractivity contribution is -0.115. The van der Waals surface area contributed by atoms with E-state index in [1.165, 1.54) is 13.4 Å². The van der Waals surface area contributed by atoms with Crippen LogP contribution in [0.2, 0.25) is 0 Å². The minimum Gasteiger partial charge on any atom is -0.465 e. The highest BCUT2D eigenvalue weighted by atomic mass is 16.5. The number of methoxy groups -OCH3 is 1. The Morgan fingerprint density at radius 3 is 2.92 bits per heavy atom. The number of nitrogens with one attached hydrogen (secondary N) is 1. The van der Waals surface area contributed by atoms with Crippen LogP contribution in [-0.4, -0.2) is 40.1 Å². The van der Waals surface area contributed by atoms with Crippen molar-refractivity contribution in [1.82, 2.24) is 14.6 Å². The summed E-state index contributed by atoms with van der Waals surface area (Å²) in [4.78, 5) is 30.3. The van der Waals surface area contributed by atoms with Gasteiger partial charge in [0, 0.05) is 6.20 Å². The zero-order chi connectivity index (χ0) is 17.6. The fourth-order valence-corrected chi connectivity index (χ4v) is 3.08. The monoisotopic (exact) mass is 337 g/mol. The molecule has 2 aromatic heterocycles. The summed E-state index contributed by atoms with van der Waals surface area (Å²) < 4.78 is 6.41. The number of anilines is 3. The number of aryl methyl sites for hydroxylation is 1. The van der Waals surface area contributed by atoms with E-state index < -0.39 is 5.97 Å². The maximum absolute atomic E-state index is 12.1. The summed E-state index contributed by atoms with van der Waals surface area (Å²) in [5.41, 5.74) is 3.33. The Kier molecular flexibility index (Phi) is 3.38. The zero-order valence-electron chi connectivity index (χ0n) is 13.7. The lowest BCUT2D eigenvalue weighted by atomic mass is 10.1. The van der Waals surface area contributed by atoms with Crippen molar-refractivity contribution in [2.75, 3.05) is 23.9 Å². The van der Waals surface area contributed by atoms with E-state index in [1.54, 1.807) is 10.7 Å². The molecule has 1 amide bonds. The topological polar surface area (TPSA) is 88.8 Å². The van der Waals surface area contributed by atoms with Gasteiger partial charge in [-0.05, 0) is 24.6 Å². The molecule has 4 rings (SSSR count). The molecule has 0 spiro atoms. The molecule has 1 aliphatic rings. The normalized spacial score (nSPS) is 13.5. The predicted molar refractivity (Wildman–Crippen MR) is 91.1 cm³/mol. The van der Waals surface area contributed by atoms with Crippen molar-refractivity contribution in [3.63, 3.8) is 0 Å². The molecule has 0 saturated heterocycles. The molecule has 25 heavy (non-hydrogen) atoms. The number of benzene rings is 1. The van der Waals surface area contributed by atoms with Gasteiger partial charge in [-0.1, -0.05) is 12.1 Å². The second-order valence-electron chi connectivity index (χ2n) is 5.69. The first kappa shape index (κ1) is 15.1. The van der Waals surface area contributed by atoms with Crippen LogP contribution in [0, 0.1) is 6.92 Å². The van der Waals surface area contributed by atoms with Crippen LogP contribution in [0.5, 0.6) is 0 Å². The number of hydrogen-bond acceptors (Lipinski definition) is 6. The Balaban J connectivity index is 1.95. The summed E-state index contributed by atoms with van der Waals surface area (Å²) in [7, 11) is 1.34. The highest BCUT2D eigenvalue weighted by molar-refractivity contribution is 6.04. The van der Waals surface area contributed by atoms with Crippen LogP contribution in [0.15, 0.2) is 36.8 Å². The maximum Gasteiger partial charge on any atom is 0.339 e. The molecule has 1 aliphatic heterocycles. The largest absolute Gasteiger partial charge is 0.465 e. The average Bonchev–Trinajstić information content (AvgIpc) is 2.97. The predicted octanol–water partition coefficient (Wildman–Crippen LogP) is 1.91. The number of ether oxygens (including phenoxy) is 1. The lowest BCUT2D eigenvalue weighted by Crippen LogP contribution is -2.35. The number of esters is 1. The van der Waals surface area contributed by atoms with Crippen molar-refractivity contribution in [2.45, 2.75) is 6.92 Å². The summed E-state index contributed by atoms with van der Waals surface area (Å²) in [5, 5.41) is 7.03. The summed E-state index contributed by atoms with van der Waals surface area (Å²) in [6.45, 7) is 1.94. The molecule has 0 bridgehead atoms. The molecule has 1 aromatic carbocycles. The Labute approximate surface area is 143 Å². The molecule has 0 aliphatic carbocycles. The summed E-state index contributed by atoms with van der Waals surface area (Å²) >= 11 is 0. The maximum atomic E-state index is 12.1. The van der Waals surface area contributed by atoms with Crippen LogP contribution in [0.3, 0.4) is 0 Å². The van der Waals surface area contributed by atoms with Crippen molar-refractivity contribution in [1.29, 1.82) is 0 Å².